The Balaban J connectivity index is 2.29. The molecule has 1 heterocycles. The largest absolute Gasteiger partial charge is 0.462 e. The normalized spacial score (nSPS) is 11.9. The van der Waals surface area contributed by atoms with Gasteiger partial charge in [0.1, 0.15) is 11.5 Å². The molecule has 0 saturated carbocycles. The summed E-state index contributed by atoms with van der Waals surface area (Å²) >= 11 is 0. The number of hydrogen-bond acceptors (Lipinski definition) is 4. The highest BCUT2D eigenvalue weighted by atomic mass is 32.2. The lowest BCUT2D eigenvalue weighted by Crippen LogP contribution is -2.30. The summed E-state index contributed by atoms with van der Waals surface area (Å²) < 4.78 is 32.6. The number of furan rings is 1. The molecule has 0 unspecified atom stereocenters. The van der Waals surface area contributed by atoms with Gasteiger partial charge in [-0.2, -0.15) is 0 Å². The first kappa shape index (κ1) is 18.0. The van der Waals surface area contributed by atoms with Gasteiger partial charge in [-0.15, -0.1) is 0 Å². The lowest BCUT2D eigenvalue weighted by atomic mass is 10.0. The minimum atomic E-state index is -3.95. The maximum atomic E-state index is 12.6. The fraction of sp³-hybridized carbons (Fsp3) is 0.278. The van der Waals surface area contributed by atoms with E-state index in [4.69, 9.17) is 4.42 Å². The molecule has 1 aromatic heterocycles. The predicted octanol–water partition coefficient (Wildman–Crippen LogP) is 3.34. The van der Waals surface area contributed by atoms with E-state index in [0.717, 1.165) is 17.2 Å². The number of rotatable bonds is 4. The number of nitrogens with one attached hydrogen (secondary N) is 1. The first-order chi connectivity index (χ1) is 11.1. The molecule has 2 rings (SSSR count). The molecule has 5 nitrogen and oxygen atoms in total. The molecule has 0 aliphatic rings. The molecule has 6 heteroatoms. The first-order valence-corrected chi connectivity index (χ1v) is 8.99. The summed E-state index contributed by atoms with van der Waals surface area (Å²) in [4.78, 5) is 12.1. The molecular formula is C18H21NO4S. The van der Waals surface area contributed by atoms with Crippen LogP contribution in [0.2, 0.25) is 0 Å². The zero-order valence-electron chi connectivity index (χ0n) is 14.4. The molecule has 0 spiro atoms. The van der Waals surface area contributed by atoms with E-state index in [1.807, 2.05) is 19.9 Å². The van der Waals surface area contributed by atoms with Gasteiger partial charge in [-0.05, 0) is 75.1 Å². The molecule has 2 aromatic rings. The molecule has 128 valence electrons. The Hall–Kier alpha value is -2.34. The molecular weight excluding hydrogens is 326 g/mol. The van der Waals surface area contributed by atoms with E-state index in [2.05, 4.69) is 4.72 Å². The molecule has 1 aromatic carbocycles. The standard InChI is InChI=1S/C18H21NO4S/c1-11-10-12(2)15(5)18(14(11)4)24(21,22)19-17(20)9-8-16-7-6-13(3)23-16/h6-10H,1-5H3,(H,19,20). The SMILES string of the molecule is Cc1ccc(C=CC(=O)NS(=O)(=O)c2c(C)c(C)cc(C)c2C)o1. The summed E-state index contributed by atoms with van der Waals surface area (Å²) in [5, 5.41) is 0. The second-order valence-corrected chi connectivity index (χ2v) is 7.46. The minimum absolute atomic E-state index is 0.163. The fourth-order valence-corrected chi connectivity index (χ4v) is 4.07. The first-order valence-electron chi connectivity index (χ1n) is 7.50. The van der Waals surface area contributed by atoms with Crippen molar-refractivity contribution in [2.75, 3.05) is 0 Å². The maximum Gasteiger partial charge on any atom is 0.264 e. The quantitative estimate of drug-likeness (QED) is 0.861. The molecule has 0 aliphatic carbocycles. The maximum absolute atomic E-state index is 12.6. The van der Waals surface area contributed by atoms with E-state index >= 15 is 0 Å². The third-order valence-corrected chi connectivity index (χ3v) is 5.58. The van der Waals surface area contributed by atoms with E-state index < -0.39 is 15.9 Å². The second kappa shape index (κ2) is 6.65. The molecule has 0 atom stereocenters. The molecule has 1 N–H and O–H groups in total. The third-order valence-electron chi connectivity index (χ3n) is 3.96. The molecule has 1 amide bonds. The van der Waals surface area contributed by atoms with Crippen LogP contribution in [0.5, 0.6) is 0 Å². The summed E-state index contributed by atoms with van der Waals surface area (Å²) in [6, 6.07) is 5.40. The van der Waals surface area contributed by atoms with Gasteiger partial charge in [-0.25, -0.2) is 13.1 Å². The van der Waals surface area contributed by atoms with Gasteiger partial charge in [-0.1, -0.05) is 6.07 Å². The van der Waals surface area contributed by atoms with Crippen molar-refractivity contribution in [3.05, 3.63) is 58.0 Å². The lowest BCUT2D eigenvalue weighted by molar-refractivity contribution is -0.114. The van der Waals surface area contributed by atoms with E-state index in [1.54, 1.807) is 32.9 Å². The van der Waals surface area contributed by atoms with Crippen molar-refractivity contribution < 1.29 is 17.6 Å². The average molecular weight is 347 g/mol. The molecule has 24 heavy (non-hydrogen) atoms. The van der Waals surface area contributed by atoms with Gasteiger partial charge in [0.05, 0.1) is 4.90 Å². The highest BCUT2D eigenvalue weighted by molar-refractivity contribution is 7.90. The van der Waals surface area contributed by atoms with Crippen molar-refractivity contribution in [1.29, 1.82) is 0 Å². The summed E-state index contributed by atoms with van der Waals surface area (Å²) in [7, 11) is -3.95. The minimum Gasteiger partial charge on any atom is -0.462 e. The summed E-state index contributed by atoms with van der Waals surface area (Å²) in [5.74, 6) is 0.477. The van der Waals surface area contributed by atoms with E-state index in [0.29, 0.717) is 22.6 Å². The Morgan fingerprint density at radius 1 is 1.04 bits per heavy atom. The second-order valence-electron chi connectivity index (χ2n) is 5.84. The van der Waals surface area contributed by atoms with Crippen LogP contribution in [-0.2, 0) is 14.8 Å². The molecule has 0 saturated heterocycles. The van der Waals surface area contributed by atoms with Crippen LogP contribution in [0.25, 0.3) is 6.08 Å². The van der Waals surface area contributed by atoms with Crippen molar-refractivity contribution in [1.82, 2.24) is 4.72 Å². The van der Waals surface area contributed by atoms with Gasteiger partial charge in [0, 0.05) is 6.08 Å². The monoisotopic (exact) mass is 347 g/mol. The van der Waals surface area contributed by atoms with E-state index in [1.165, 1.54) is 6.08 Å². The lowest BCUT2D eigenvalue weighted by Gasteiger charge is -2.15. The topological polar surface area (TPSA) is 76.4 Å². The van der Waals surface area contributed by atoms with Gasteiger partial charge in [0.2, 0.25) is 0 Å². The predicted molar refractivity (Wildman–Crippen MR) is 93.2 cm³/mol. The number of sulfonamides is 1. The van der Waals surface area contributed by atoms with Crippen molar-refractivity contribution in [3.63, 3.8) is 0 Å². The van der Waals surface area contributed by atoms with Crippen molar-refractivity contribution in [2.45, 2.75) is 39.5 Å². The highest BCUT2D eigenvalue weighted by Crippen LogP contribution is 2.25. The molecule has 0 fully saturated rings. The Morgan fingerprint density at radius 2 is 1.62 bits per heavy atom. The summed E-state index contributed by atoms with van der Waals surface area (Å²) in [6.45, 7) is 8.96. The van der Waals surface area contributed by atoms with Crippen molar-refractivity contribution in [2.24, 2.45) is 0 Å². The summed E-state index contributed by atoms with van der Waals surface area (Å²) in [6.07, 6.45) is 2.57. The Labute approximate surface area is 142 Å². The zero-order chi connectivity index (χ0) is 18.1. The van der Waals surface area contributed by atoms with Crippen LogP contribution in [0.15, 0.2) is 33.6 Å². The number of carbonyl (C=O) groups is 1. The Morgan fingerprint density at radius 3 is 2.12 bits per heavy atom. The number of benzene rings is 1. The number of carbonyl (C=O) groups excluding carboxylic acids is 1. The van der Waals surface area contributed by atoms with Gasteiger partial charge in [0.15, 0.2) is 0 Å². The van der Waals surface area contributed by atoms with Crippen molar-refractivity contribution in [3.8, 4) is 0 Å². The number of hydrogen-bond donors (Lipinski definition) is 1. The molecule has 0 bridgehead atoms. The summed E-state index contributed by atoms with van der Waals surface area (Å²) in [5.41, 5.74) is 3.02. The Kier molecular flexibility index (Phi) is 4.99. The van der Waals surface area contributed by atoms with E-state index in [-0.39, 0.29) is 4.90 Å². The Bertz CT molecular complexity index is 894. The fourth-order valence-electron chi connectivity index (χ4n) is 2.50. The average Bonchev–Trinajstić information content (AvgIpc) is 2.88. The highest BCUT2D eigenvalue weighted by Gasteiger charge is 2.23. The molecule has 0 aliphatic heterocycles. The van der Waals surface area contributed by atoms with Crippen LogP contribution in [0.3, 0.4) is 0 Å². The van der Waals surface area contributed by atoms with Gasteiger partial charge in [0.25, 0.3) is 15.9 Å². The van der Waals surface area contributed by atoms with Gasteiger partial charge < -0.3 is 4.42 Å². The van der Waals surface area contributed by atoms with Gasteiger partial charge >= 0.3 is 0 Å². The van der Waals surface area contributed by atoms with Crippen LogP contribution in [0.4, 0.5) is 0 Å². The van der Waals surface area contributed by atoms with E-state index in [9.17, 15) is 13.2 Å². The number of amides is 1. The zero-order valence-corrected chi connectivity index (χ0v) is 15.2. The van der Waals surface area contributed by atoms with Gasteiger partial charge in [-0.3, -0.25) is 4.79 Å². The third kappa shape index (κ3) is 3.76. The molecule has 0 radical (unpaired) electrons. The smallest absolute Gasteiger partial charge is 0.264 e. The van der Waals surface area contributed by atoms with Crippen LogP contribution in [0.1, 0.15) is 33.8 Å². The van der Waals surface area contributed by atoms with Crippen LogP contribution in [-0.4, -0.2) is 14.3 Å². The van der Waals surface area contributed by atoms with Crippen LogP contribution in [0, 0.1) is 34.6 Å². The van der Waals surface area contributed by atoms with Crippen LogP contribution < -0.4 is 4.72 Å². The van der Waals surface area contributed by atoms with Crippen molar-refractivity contribution >= 4 is 22.0 Å². The number of aryl methyl sites for hydroxylation is 3. The van der Waals surface area contributed by atoms with Crippen LogP contribution >= 0.6 is 0 Å².